The van der Waals surface area contributed by atoms with Crippen LogP contribution in [0.5, 0.6) is 0 Å². The quantitative estimate of drug-likeness (QED) is 0.832. The molecule has 2 heterocycles. The molecule has 140 valence electrons. The highest BCUT2D eigenvalue weighted by Gasteiger charge is 2.40. The topological polar surface area (TPSA) is 43.9 Å². The van der Waals surface area contributed by atoms with E-state index >= 15 is 0 Å². The van der Waals surface area contributed by atoms with Gasteiger partial charge in [-0.1, -0.05) is 12.8 Å². The van der Waals surface area contributed by atoms with Gasteiger partial charge in [0.25, 0.3) is 0 Å². The molecule has 2 aliphatic heterocycles. The molecule has 5 nitrogen and oxygen atoms in total. The lowest BCUT2D eigenvalue weighted by Crippen LogP contribution is -2.50. The maximum Gasteiger partial charge on any atom is 0.228 e. The second-order valence-electron chi connectivity index (χ2n) is 7.67. The molecular formula is C20H26FN3O2. The van der Waals surface area contributed by atoms with Crippen LogP contribution in [0.25, 0.3) is 0 Å². The summed E-state index contributed by atoms with van der Waals surface area (Å²) in [5, 5.41) is 0. The van der Waals surface area contributed by atoms with E-state index in [4.69, 9.17) is 0 Å². The van der Waals surface area contributed by atoms with Gasteiger partial charge < -0.3 is 14.7 Å². The molecule has 0 bridgehead atoms. The minimum absolute atomic E-state index is 0.123. The molecule has 1 aromatic carbocycles. The Bertz CT molecular complexity index is 664. The third kappa shape index (κ3) is 3.41. The van der Waals surface area contributed by atoms with Crippen LogP contribution in [-0.2, 0) is 9.59 Å². The van der Waals surface area contributed by atoms with Crippen LogP contribution in [0.15, 0.2) is 24.3 Å². The van der Waals surface area contributed by atoms with Gasteiger partial charge in [0.1, 0.15) is 5.82 Å². The number of benzene rings is 1. The normalized spacial score (nSPS) is 24.6. The van der Waals surface area contributed by atoms with Crippen LogP contribution in [0, 0.1) is 11.7 Å². The lowest BCUT2D eigenvalue weighted by molar-refractivity contribution is -0.136. The summed E-state index contributed by atoms with van der Waals surface area (Å²) in [5.41, 5.74) is 0.988. The maximum absolute atomic E-state index is 13.1. The van der Waals surface area contributed by atoms with E-state index in [9.17, 15) is 14.0 Å². The van der Waals surface area contributed by atoms with Crippen LogP contribution < -0.4 is 4.90 Å². The van der Waals surface area contributed by atoms with Crippen molar-refractivity contribution in [2.24, 2.45) is 5.92 Å². The highest BCUT2D eigenvalue weighted by atomic mass is 19.1. The van der Waals surface area contributed by atoms with Crippen molar-refractivity contribution in [3.8, 4) is 0 Å². The molecular weight excluding hydrogens is 333 g/mol. The molecule has 1 aliphatic carbocycles. The van der Waals surface area contributed by atoms with Gasteiger partial charge in [-0.05, 0) is 37.1 Å². The van der Waals surface area contributed by atoms with Crippen molar-refractivity contribution in [3.63, 3.8) is 0 Å². The number of hydrogen-bond acceptors (Lipinski definition) is 3. The van der Waals surface area contributed by atoms with Gasteiger partial charge in [0.2, 0.25) is 11.8 Å². The number of rotatable bonds is 3. The van der Waals surface area contributed by atoms with Gasteiger partial charge in [-0.3, -0.25) is 9.59 Å². The zero-order valence-electron chi connectivity index (χ0n) is 15.1. The van der Waals surface area contributed by atoms with Gasteiger partial charge in [-0.2, -0.15) is 0 Å². The van der Waals surface area contributed by atoms with Gasteiger partial charge >= 0.3 is 0 Å². The molecule has 0 N–H and O–H groups in total. The Labute approximate surface area is 153 Å². The molecule has 2 amide bonds. The van der Waals surface area contributed by atoms with Crippen LogP contribution in [0.3, 0.4) is 0 Å². The average molecular weight is 359 g/mol. The number of carbonyl (C=O) groups excluding carboxylic acids is 2. The highest BCUT2D eigenvalue weighted by molar-refractivity contribution is 5.89. The van der Waals surface area contributed by atoms with E-state index in [-0.39, 0.29) is 23.5 Å². The molecule has 3 aliphatic rings. The van der Waals surface area contributed by atoms with E-state index in [0.717, 1.165) is 31.6 Å². The van der Waals surface area contributed by atoms with Gasteiger partial charge in [0, 0.05) is 50.9 Å². The fourth-order valence-electron chi connectivity index (χ4n) is 4.56. The number of piperazine rings is 1. The number of hydrogen-bond donors (Lipinski definition) is 0. The lowest BCUT2D eigenvalue weighted by Gasteiger charge is -2.37. The molecule has 0 unspecified atom stereocenters. The Morgan fingerprint density at radius 2 is 1.65 bits per heavy atom. The third-order valence-electron chi connectivity index (χ3n) is 6.06. The number of anilines is 1. The van der Waals surface area contributed by atoms with Crippen molar-refractivity contribution in [2.45, 2.75) is 38.1 Å². The first-order valence-electron chi connectivity index (χ1n) is 9.70. The summed E-state index contributed by atoms with van der Waals surface area (Å²) >= 11 is 0. The van der Waals surface area contributed by atoms with E-state index in [0.29, 0.717) is 32.1 Å². The summed E-state index contributed by atoms with van der Waals surface area (Å²) in [6.07, 6.45) is 4.93. The Balaban J connectivity index is 1.32. The molecule has 1 aromatic rings. The SMILES string of the molecule is O=C([C@@H]1CC(=O)N(C2CCCC2)C1)N1CCN(c2ccc(F)cc2)CC1. The molecule has 1 atom stereocenters. The molecule has 0 aromatic heterocycles. The van der Waals surface area contributed by atoms with E-state index in [1.807, 2.05) is 9.80 Å². The van der Waals surface area contributed by atoms with Crippen LogP contribution in [0.4, 0.5) is 10.1 Å². The number of carbonyl (C=O) groups is 2. The Kier molecular flexibility index (Phi) is 4.83. The van der Waals surface area contributed by atoms with Crippen molar-refractivity contribution < 1.29 is 14.0 Å². The molecule has 2 saturated heterocycles. The minimum atomic E-state index is -0.236. The number of halogens is 1. The number of nitrogens with zero attached hydrogens (tertiary/aromatic N) is 3. The van der Waals surface area contributed by atoms with Crippen LogP contribution in [-0.4, -0.2) is 60.4 Å². The standard InChI is InChI=1S/C20H26FN3O2/c21-16-5-7-17(8-6-16)22-9-11-23(12-10-22)20(26)15-13-19(25)24(14-15)18-3-1-2-4-18/h5-8,15,18H,1-4,9-14H2/t15-/m1/s1. The van der Waals surface area contributed by atoms with Crippen LogP contribution in [0.2, 0.25) is 0 Å². The summed E-state index contributed by atoms with van der Waals surface area (Å²) < 4.78 is 13.1. The van der Waals surface area contributed by atoms with Gasteiger partial charge in [0.05, 0.1) is 5.92 Å². The first-order valence-corrected chi connectivity index (χ1v) is 9.70. The highest BCUT2D eigenvalue weighted by Crippen LogP contribution is 2.30. The number of likely N-dealkylation sites (tertiary alicyclic amines) is 1. The second-order valence-corrected chi connectivity index (χ2v) is 7.67. The predicted octanol–water partition coefficient (Wildman–Crippen LogP) is 2.27. The van der Waals surface area contributed by atoms with E-state index in [1.165, 1.54) is 25.0 Å². The van der Waals surface area contributed by atoms with Gasteiger partial charge in [0.15, 0.2) is 0 Å². The Hall–Kier alpha value is -2.11. The number of amides is 2. The predicted molar refractivity (Wildman–Crippen MR) is 97.3 cm³/mol. The third-order valence-corrected chi connectivity index (χ3v) is 6.06. The van der Waals surface area contributed by atoms with Crippen LogP contribution >= 0.6 is 0 Å². The maximum atomic E-state index is 13.1. The van der Waals surface area contributed by atoms with E-state index in [1.54, 1.807) is 12.1 Å². The second kappa shape index (κ2) is 7.25. The fourth-order valence-corrected chi connectivity index (χ4v) is 4.56. The van der Waals surface area contributed by atoms with Crippen molar-refractivity contribution in [2.75, 3.05) is 37.6 Å². The zero-order chi connectivity index (χ0) is 18.1. The summed E-state index contributed by atoms with van der Waals surface area (Å²) in [4.78, 5) is 31.2. The largest absolute Gasteiger partial charge is 0.368 e. The van der Waals surface area contributed by atoms with Gasteiger partial charge in [-0.25, -0.2) is 4.39 Å². The first-order chi connectivity index (χ1) is 12.6. The summed E-state index contributed by atoms with van der Waals surface area (Å²) in [7, 11) is 0. The molecule has 6 heteroatoms. The smallest absolute Gasteiger partial charge is 0.228 e. The summed E-state index contributed by atoms with van der Waals surface area (Å²) in [5.74, 6) is -0.140. The fraction of sp³-hybridized carbons (Fsp3) is 0.600. The van der Waals surface area contributed by atoms with Crippen LogP contribution in [0.1, 0.15) is 32.1 Å². The molecule has 0 radical (unpaired) electrons. The monoisotopic (exact) mass is 359 g/mol. The molecule has 1 saturated carbocycles. The summed E-state index contributed by atoms with van der Waals surface area (Å²) in [6.45, 7) is 3.39. The molecule has 26 heavy (non-hydrogen) atoms. The minimum Gasteiger partial charge on any atom is -0.368 e. The summed E-state index contributed by atoms with van der Waals surface area (Å²) in [6, 6.07) is 6.85. The van der Waals surface area contributed by atoms with Crippen molar-refractivity contribution >= 4 is 17.5 Å². The lowest BCUT2D eigenvalue weighted by atomic mass is 10.1. The van der Waals surface area contributed by atoms with E-state index in [2.05, 4.69) is 4.90 Å². The van der Waals surface area contributed by atoms with Crippen molar-refractivity contribution in [1.82, 2.24) is 9.80 Å². The average Bonchev–Trinajstić information content (AvgIpc) is 3.31. The molecule has 3 fully saturated rings. The molecule has 0 spiro atoms. The van der Waals surface area contributed by atoms with Gasteiger partial charge in [-0.15, -0.1) is 0 Å². The van der Waals surface area contributed by atoms with Crippen molar-refractivity contribution in [1.29, 1.82) is 0 Å². The zero-order valence-corrected chi connectivity index (χ0v) is 15.1. The van der Waals surface area contributed by atoms with E-state index < -0.39 is 0 Å². The Morgan fingerprint density at radius 1 is 1.00 bits per heavy atom. The molecule has 4 rings (SSSR count). The first kappa shape index (κ1) is 17.3. The van der Waals surface area contributed by atoms with Crippen molar-refractivity contribution in [3.05, 3.63) is 30.1 Å². The Morgan fingerprint density at radius 3 is 2.31 bits per heavy atom.